The molecule has 0 aliphatic heterocycles. The molecule has 0 unspecified atom stereocenters. The van der Waals surface area contributed by atoms with Crippen LogP contribution in [0.25, 0.3) is 0 Å². The van der Waals surface area contributed by atoms with Gasteiger partial charge in [-0.1, -0.05) is 0 Å². The fourth-order valence-electron chi connectivity index (χ4n) is 0. The molecule has 0 saturated heterocycles. The molecule has 34 valence electrons. The maximum absolute atomic E-state index is 9.02. The van der Waals surface area contributed by atoms with Crippen LogP contribution in [0.4, 0.5) is 0 Å². The summed E-state index contributed by atoms with van der Waals surface area (Å²) in [5, 5.41) is 0. The Morgan fingerprint density at radius 3 is 1.43 bits per heavy atom. The van der Waals surface area contributed by atoms with Gasteiger partial charge in [-0.25, -0.2) is 0 Å². The molecule has 0 aromatic rings. The van der Waals surface area contributed by atoms with Crippen molar-refractivity contribution >= 4 is 23.4 Å². The topological polar surface area (TPSA) is 57.2 Å². The van der Waals surface area contributed by atoms with Crippen LogP contribution in [0.5, 0.6) is 0 Å². The number of hydrogen-bond acceptors (Lipinski definition) is 3. The Balaban J connectivity index is -0.0000000800. The van der Waals surface area contributed by atoms with Gasteiger partial charge in [-0.05, 0) is 0 Å². The van der Waals surface area contributed by atoms with Crippen LogP contribution < -0.4 is 0 Å². The monoisotopic (exact) mass is 338 g/mol. The quantitative estimate of drug-likeness (QED) is 0.404. The van der Waals surface area contributed by atoms with Gasteiger partial charge in [0.2, 0.25) is 0 Å². The summed E-state index contributed by atoms with van der Waals surface area (Å²) in [5.74, 6) is 0. The third-order valence-corrected chi connectivity index (χ3v) is 0. The molecule has 0 radical (unpaired) electrons. The van der Waals surface area contributed by atoms with Crippen LogP contribution in [0.1, 0.15) is 0 Å². The van der Waals surface area contributed by atoms with Gasteiger partial charge in [0.05, 0.1) is 0 Å². The van der Waals surface area contributed by atoms with Gasteiger partial charge in [-0.15, -0.1) is 0 Å². The summed E-state index contributed by atoms with van der Waals surface area (Å²) in [4.78, 5) is 0. The summed E-state index contributed by atoms with van der Waals surface area (Å²) < 4.78 is 27.1. The van der Waals surface area contributed by atoms with E-state index >= 15 is 0 Å². The molecule has 7 heteroatoms. The predicted molar refractivity (Wildman–Crippen MR) is 15.5 cm³/mol. The van der Waals surface area contributed by atoms with Crippen molar-refractivity contribution in [3.8, 4) is 0 Å². The van der Waals surface area contributed by atoms with Gasteiger partial charge in [0.25, 0.3) is 0 Å². The molecular formula is CdO3SSeZn. The van der Waals surface area contributed by atoms with Gasteiger partial charge >= 0.3 is 63.7 Å². The molecule has 0 aromatic carbocycles. The van der Waals surface area contributed by atoms with Crippen molar-refractivity contribution < 1.29 is 59.7 Å². The van der Waals surface area contributed by atoms with E-state index in [9.17, 15) is 0 Å². The second-order valence-electron chi connectivity index (χ2n) is 0.408. The molecule has 0 rings (SSSR count). The summed E-state index contributed by atoms with van der Waals surface area (Å²) in [6.45, 7) is 0. The van der Waals surface area contributed by atoms with Crippen LogP contribution >= 0.6 is 0 Å². The number of hydrogen-bond donors (Lipinski definition) is 0. The normalized spacial score (nSPS) is 8.29. The average molecular weight is 337 g/mol. The zero-order valence-electron chi connectivity index (χ0n) is 3.46. The Labute approximate surface area is 82.2 Å². The Kier molecular flexibility index (Phi) is 13.9. The molecule has 0 atom stereocenters. The van der Waals surface area contributed by atoms with E-state index in [4.69, 9.17) is 13.0 Å². The van der Waals surface area contributed by atoms with E-state index in [-0.39, 0.29) is 46.8 Å². The molecule has 0 aromatic heterocycles. The molecule has 0 heterocycles. The van der Waals surface area contributed by atoms with Crippen molar-refractivity contribution in [1.82, 2.24) is 0 Å². The predicted octanol–water partition coefficient (Wildman–Crippen LogP) is -1.39. The SMILES string of the molecule is O=S(=O)([O-])[Se-].[Cd+2].[Zn]. The largest absolute Gasteiger partial charge is 2.00 e. The first-order valence-corrected chi connectivity index (χ1v) is 4.10. The molecule has 0 amide bonds. The minimum Gasteiger partial charge on any atom is 0 e. The standard InChI is InChI=1S/Cd.H2O3SSe.Zn/c;1-4(2,3)5;/h;(H2,1,2,3,5);/q+2;;/p-2. The van der Waals surface area contributed by atoms with E-state index < -0.39 is 8.54 Å². The van der Waals surface area contributed by atoms with Gasteiger partial charge in [0.1, 0.15) is 0 Å². The molecule has 0 aliphatic rings. The Bertz CT molecular complexity index is 98.1. The second kappa shape index (κ2) is 6.10. The smallest absolute Gasteiger partial charge is 0 e. The molecule has 0 N–H and O–H groups in total. The average Bonchev–Trinajstić information content (AvgIpc) is 0.722. The molecule has 3 nitrogen and oxygen atoms in total. The Morgan fingerprint density at radius 1 is 1.43 bits per heavy atom. The first-order chi connectivity index (χ1) is 2.00. The van der Waals surface area contributed by atoms with Crippen molar-refractivity contribution in [3.05, 3.63) is 0 Å². The summed E-state index contributed by atoms with van der Waals surface area (Å²) in [7, 11) is -4.04. The third kappa shape index (κ3) is 73.0. The minimum atomic E-state index is -4.04. The van der Waals surface area contributed by atoms with Crippen molar-refractivity contribution in [2.45, 2.75) is 0 Å². The molecule has 7 heavy (non-hydrogen) atoms. The maximum atomic E-state index is 9.02. The van der Waals surface area contributed by atoms with Gasteiger partial charge in [-0.2, -0.15) is 0 Å². The third-order valence-electron chi connectivity index (χ3n) is 0. The number of rotatable bonds is 0. The Morgan fingerprint density at radius 2 is 1.43 bits per heavy atom. The first-order valence-electron chi connectivity index (χ1n) is 0.667. The van der Waals surface area contributed by atoms with Crippen molar-refractivity contribution in [1.29, 1.82) is 0 Å². The molecular weight excluding hydrogens is 337 g/mol. The van der Waals surface area contributed by atoms with E-state index in [2.05, 4.69) is 0 Å². The van der Waals surface area contributed by atoms with Gasteiger partial charge < -0.3 is 0 Å². The molecule has 0 spiro atoms. The van der Waals surface area contributed by atoms with Crippen molar-refractivity contribution in [3.63, 3.8) is 0 Å². The fourth-order valence-corrected chi connectivity index (χ4v) is 0. The van der Waals surface area contributed by atoms with Gasteiger partial charge in [-0.3, -0.25) is 0 Å². The van der Waals surface area contributed by atoms with Crippen LogP contribution in [0.2, 0.25) is 0 Å². The van der Waals surface area contributed by atoms with Crippen LogP contribution in [-0.4, -0.2) is 27.9 Å². The van der Waals surface area contributed by atoms with E-state index in [1.807, 2.05) is 0 Å². The summed E-state index contributed by atoms with van der Waals surface area (Å²) in [6.07, 6.45) is 0. The molecule has 0 bridgehead atoms. The zero-order chi connectivity index (χ0) is 4.50. The van der Waals surface area contributed by atoms with Crippen molar-refractivity contribution in [2.75, 3.05) is 0 Å². The molecule has 0 saturated carbocycles. The van der Waals surface area contributed by atoms with E-state index in [0.717, 1.165) is 0 Å². The second-order valence-corrected chi connectivity index (χ2v) is 3.79. The fraction of sp³-hybridized carbons (Fsp3) is 0. The van der Waals surface area contributed by atoms with Crippen LogP contribution in [-0.2, 0) is 55.3 Å². The molecule has 0 aliphatic carbocycles. The minimum absolute atomic E-state index is 0. The first kappa shape index (κ1) is 16.0. The van der Waals surface area contributed by atoms with Crippen LogP contribution in [0, 0.1) is 0 Å². The Hall–Kier alpha value is 1.97. The maximum Gasteiger partial charge on any atom is 2.00 e. The zero-order valence-corrected chi connectivity index (χ0v) is 13.0. The summed E-state index contributed by atoms with van der Waals surface area (Å²) in [6, 6.07) is 0. The van der Waals surface area contributed by atoms with Crippen molar-refractivity contribution in [2.24, 2.45) is 0 Å². The van der Waals surface area contributed by atoms with E-state index in [0.29, 0.717) is 0 Å². The summed E-state index contributed by atoms with van der Waals surface area (Å²) >= 11 is 1.40. The van der Waals surface area contributed by atoms with Crippen LogP contribution in [0.15, 0.2) is 0 Å². The summed E-state index contributed by atoms with van der Waals surface area (Å²) in [5.41, 5.74) is 0. The molecule has 0 fully saturated rings. The van der Waals surface area contributed by atoms with E-state index in [1.165, 1.54) is 14.9 Å². The van der Waals surface area contributed by atoms with Gasteiger partial charge in [0, 0.05) is 19.5 Å². The van der Waals surface area contributed by atoms with E-state index in [1.54, 1.807) is 0 Å². The van der Waals surface area contributed by atoms with Crippen LogP contribution in [0.3, 0.4) is 0 Å². The van der Waals surface area contributed by atoms with Gasteiger partial charge in [0.15, 0.2) is 0 Å².